The molecule has 0 unspecified atom stereocenters. The van der Waals surface area contributed by atoms with Gasteiger partial charge in [-0.2, -0.15) is 16.9 Å². The van der Waals surface area contributed by atoms with Crippen molar-refractivity contribution in [1.29, 1.82) is 0 Å². The monoisotopic (exact) mass is 231 g/mol. The molecule has 3 nitrogen and oxygen atoms in total. The summed E-state index contributed by atoms with van der Waals surface area (Å²) in [6.07, 6.45) is 3.09. The molecule has 2 N–H and O–H groups in total. The number of benzene rings is 1. The Kier molecular flexibility index (Phi) is 2.36. The van der Waals surface area contributed by atoms with Gasteiger partial charge in [0.2, 0.25) is 0 Å². The molecule has 2 heterocycles. The van der Waals surface area contributed by atoms with E-state index in [4.69, 9.17) is 5.73 Å². The second kappa shape index (κ2) is 3.87. The van der Waals surface area contributed by atoms with Gasteiger partial charge in [-0.25, -0.2) is 4.68 Å². The third-order valence-corrected chi connectivity index (χ3v) is 3.84. The quantitative estimate of drug-likeness (QED) is 0.765. The van der Waals surface area contributed by atoms with Crippen LogP contribution in [0.3, 0.4) is 0 Å². The number of anilines is 1. The second-order valence-corrected chi connectivity index (χ2v) is 5.03. The van der Waals surface area contributed by atoms with Crippen LogP contribution in [0, 0.1) is 0 Å². The van der Waals surface area contributed by atoms with Crippen molar-refractivity contribution in [3.8, 4) is 5.69 Å². The van der Waals surface area contributed by atoms with Crippen LogP contribution in [0.5, 0.6) is 0 Å². The molecule has 4 heteroatoms. The molecule has 1 aliphatic heterocycles. The summed E-state index contributed by atoms with van der Waals surface area (Å²) in [5.41, 5.74) is 10.3. The van der Waals surface area contributed by atoms with Crippen molar-refractivity contribution < 1.29 is 0 Å². The van der Waals surface area contributed by atoms with Crippen LogP contribution in [0.2, 0.25) is 0 Å². The van der Waals surface area contributed by atoms with Crippen molar-refractivity contribution >= 4 is 17.4 Å². The van der Waals surface area contributed by atoms with Crippen molar-refractivity contribution in [2.24, 2.45) is 0 Å². The molecule has 3 rings (SSSR count). The molecule has 16 heavy (non-hydrogen) atoms. The van der Waals surface area contributed by atoms with E-state index in [1.165, 1.54) is 17.0 Å². The molecule has 1 aliphatic rings. The lowest BCUT2D eigenvalue weighted by molar-refractivity contribution is 0.811. The predicted molar refractivity (Wildman–Crippen MR) is 67.8 cm³/mol. The van der Waals surface area contributed by atoms with Crippen LogP contribution in [0.15, 0.2) is 30.5 Å². The summed E-state index contributed by atoms with van der Waals surface area (Å²) >= 11 is 1.98. The smallest absolute Gasteiger partial charge is 0.0650 e. The maximum atomic E-state index is 5.68. The van der Waals surface area contributed by atoms with Gasteiger partial charge in [0.1, 0.15) is 0 Å². The van der Waals surface area contributed by atoms with Gasteiger partial charge in [0.25, 0.3) is 0 Å². The molecule has 0 atom stereocenters. The Labute approximate surface area is 98.6 Å². The molecule has 0 bridgehead atoms. The van der Waals surface area contributed by atoms with E-state index < -0.39 is 0 Å². The summed E-state index contributed by atoms with van der Waals surface area (Å²) in [5.74, 6) is 2.28. The highest BCUT2D eigenvalue weighted by atomic mass is 32.2. The Hall–Kier alpha value is -1.42. The summed E-state index contributed by atoms with van der Waals surface area (Å²) in [4.78, 5) is 0. The lowest BCUT2D eigenvalue weighted by Gasteiger charge is -2.13. The number of fused-ring (bicyclic) bond motifs is 1. The zero-order valence-electron chi connectivity index (χ0n) is 8.89. The fraction of sp³-hybridized carbons (Fsp3) is 0.250. The summed E-state index contributed by atoms with van der Waals surface area (Å²) < 4.78 is 2.04. The lowest BCUT2D eigenvalue weighted by Crippen LogP contribution is -2.08. The average molecular weight is 231 g/mol. The van der Waals surface area contributed by atoms with E-state index >= 15 is 0 Å². The minimum atomic E-state index is 0.792. The van der Waals surface area contributed by atoms with Gasteiger partial charge in [-0.15, -0.1) is 0 Å². The first kappa shape index (κ1) is 9.78. The summed E-state index contributed by atoms with van der Waals surface area (Å²) in [5, 5.41) is 4.46. The van der Waals surface area contributed by atoms with Crippen LogP contribution in [-0.2, 0) is 12.2 Å². The minimum absolute atomic E-state index is 0.792. The molecule has 0 spiro atoms. The minimum Gasteiger partial charge on any atom is -0.399 e. The Morgan fingerprint density at radius 1 is 1.25 bits per heavy atom. The number of aromatic nitrogens is 2. The highest BCUT2D eigenvalue weighted by Gasteiger charge is 2.15. The lowest BCUT2D eigenvalue weighted by atomic mass is 10.2. The van der Waals surface area contributed by atoms with E-state index in [-0.39, 0.29) is 0 Å². The topological polar surface area (TPSA) is 43.8 Å². The van der Waals surface area contributed by atoms with Crippen LogP contribution in [0.25, 0.3) is 5.69 Å². The van der Waals surface area contributed by atoms with Gasteiger partial charge in [0.05, 0.1) is 11.9 Å². The fourth-order valence-corrected chi connectivity index (χ4v) is 2.93. The molecule has 0 fully saturated rings. The molecule has 0 saturated carbocycles. The Balaban J connectivity index is 2.06. The number of hydrogen-bond donors (Lipinski definition) is 1. The molecule has 0 amide bonds. The van der Waals surface area contributed by atoms with Gasteiger partial charge in [0, 0.05) is 22.7 Å². The molecule has 0 radical (unpaired) electrons. The van der Waals surface area contributed by atoms with Gasteiger partial charge in [-0.05, 0) is 36.4 Å². The van der Waals surface area contributed by atoms with Crippen LogP contribution in [-0.4, -0.2) is 15.5 Å². The molecule has 1 aromatic carbocycles. The Bertz CT molecular complexity index is 501. The molecular formula is C12H13N3S. The highest BCUT2D eigenvalue weighted by molar-refractivity contribution is 7.98. The number of rotatable bonds is 1. The molecule has 2 aromatic rings. The average Bonchev–Trinajstić information content (AvgIpc) is 2.74. The maximum absolute atomic E-state index is 5.68. The Morgan fingerprint density at radius 2 is 2.06 bits per heavy atom. The van der Waals surface area contributed by atoms with Crippen LogP contribution in [0.1, 0.15) is 11.3 Å². The molecular weight excluding hydrogens is 218 g/mol. The summed E-state index contributed by atoms with van der Waals surface area (Å²) in [7, 11) is 0. The first-order valence-corrected chi connectivity index (χ1v) is 6.49. The van der Waals surface area contributed by atoms with Gasteiger partial charge in [-0.1, -0.05) is 0 Å². The van der Waals surface area contributed by atoms with Crippen LogP contribution < -0.4 is 5.73 Å². The second-order valence-electron chi connectivity index (χ2n) is 3.92. The molecule has 1 aromatic heterocycles. The first-order chi connectivity index (χ1) is 7.84. The van der Waals surface area contributed by atoms with E-state index in [2.05, 4.69) is 5.10 Å². The van der Waals surface area contributed by atoms with E-state index in [1.807, 2.05) is 46.9 Å². The van der Waals surface area contributed by atoms with Crippen LogP contribution >= 0.6 is 11.8 Å². The van der Waals surface area contributed by atoms with Crippen molar-refractivity contribution in [3.63, 3.8) is 0 Å². The standard InChI is InChI=1S/C12H13N3S/c13-10-1-3-11(4-2-10)15-12-5-6-16-8-9(12)7-14-15/h1-4,7H,5-6,8,13H2. The largest absolute Gasteiger partial charge is 0.399 e. The summed E-state index contributed by atoms with van der Waals surface area (Å²) in [6, 6.07) is 7.87. The van der Waals surface area contributed by atoms with Crippen molar-refractivity contribution in [2.75, 3.05) is 11.5 Å². The van der Waals surface area contributed by atoms with E-state index in [0.717, 1.165) is 23.5 Å². The van der Waals surface area contributed by atoms with Gasteiger partial charge in [0.15, 0.2) is 0 Å². The van der Waals surface area contributed by atoms with Crippen molar-refractivity contribution in [3.05, 3.63) is 41.7 Å². The predicted octanol–water partition coefficient (Wildman–Crippen LogP) is 2.24. The van der Waals surface area contributed by atoms with Crippen LogP contribution in [0.4, 0.5) is 5.69 Å². The third kappa shape index (κ3) is 1.59. The zero-order chi connectivity index (χ0) is 11.0. The van der Waals surface area contributed by atoms with E-state index in [9.17, 15) is 0 Å². The van der Waals surface area contributed by atoms with Gasteiger partial charge < -0.3 is 5.73 Å². The summed E-state index contributed by atoms with van der Waals surface area (Å²) in [6.45, 7) is 0. The van der Waals surface area contributed by atoms with Crippen molar-refractivity contribution in [1.82, 2.24) is 9.78 Å². The first-order valence-electron chi connectivity index (χ1n) is 5.34. The normalized spacial score (nSPS) is 14.8. The van der Waals surface area contributed by atoms with Gasteiger partial charge in [-0.3, -0.25) is 0 Å². The number of nitrogens with two attached hydrogens (primary N) is 1. The molecule has 0 saturated heterocycles. The highest BCUT2D eigenvalue weighted by Crippen LogP contribution is 2.26. The molecule has 0 aliphatic carbocycles. The van der Waals surface area contributed by atoms with Gasteiger partial charge >= 0.3 is 0 Å². The molecule has 82 valence electrons. The number of nitrogen functional groups attached to an aromatic ring is 1. The third-order valence-electron chi connectivity index (χ3n) is 2.83. The van der Waals surface area contributed by atoms with E-state index in [1.54, 1.807) is 0 Å². The number of hydrogen-bond acceptors (Lipinski definition) is 3. The van der Waals surface area contributed by atoms with E-state index in [0.29, 0.717) is 0 Å². The van der Waals surface area contributed by atoms with Crippen molar-refractivity contribution in [2.45, 2.75) is 12.2 Å². The SMILES string of the molecule is Nc1ccc(-n2ncc3c2CCSC3)cc1. The number of thioether (sulfide) groups is 1. The zero-order valence-corrected chi connectivity index (χ0v) is 9.70. The fourth-order valence-electron chi connectivity index (χ4n) is 1.98. The number of nitrogens with zero attached hydrogens (tertiary/aromatic N) is 2. The Morgan fingerprint density at radius 3 is 2.88 bits per heavy atom. The maximum Gasteiger partial charge on any atom is 0.0650 e.